The number of hydrogen-bond acceptors (Lipinski definition) is 3. The molecule has 116 valence electrons. The van der Waals surface area contributed by atoms with Gasteiger partial charge in [0.05, 0.1) is 13.2 Å². The van der Waals surface area contributed by atoms with Gasteiger partial charge in [-0.3, -0.25) is 4.79 Å². The molecule has 0 radical (unpaired) electrons. The zero-order valence-corrected chi connectivity index (χ0v) is 13.2. The Hall–Kier alpha value is -1.55. The van der Waals surface area contributed by atoms with Gasteiger partial charge in [-0.2, -0.15) is 0 Å². The lowest BCUT2D eigenvalue weighted by Crippen LogP contribution is -2.35. The Morgan fingerprint density at radius 2 is 2.00 bits per heavy atom. The predicted molar refractivity (Wildman–Crippen MR) is 84.1 cm³/mol. The fourth-order valence-electron chi connectivity index (χ4n) is 2.40. The van der Waals surface area contributed by atoms with Crippen molar-refractivity contribution < 1.29 is 9.53 Å². The summed E-state index contributed by atoms with van der Waals surface area (Å²) in [6.07, 6.45) is 3.53. The third-order valence-electron chi connectivity index (χ3n) is 3.88. The van der Waals surface area contributed by atoms with E-state index in [2.05, 4.69) is 5.32 Å². The minimum atomic E-state index is -0.299. The molecule has 1 amide bonds. The number of ether oxygens (including phenoxy) is 1. The normalized spacial score (nSPS) is 16.4. The lowest BCUT2D eigenvalue weighted by atomic mass is 9.98. The van der Waals surface area contributed by atoms with Crippen LogP contribution in [-0.4, -0.2) is 18.6 Å². The van der Waals surface area contributed by atoms with Crippen LogP contribution in [0, 0.1) is 5.92 Å². The molecule has 0 saturated heterocycles. The molecule has 1 unspecified atom stereocenters. The number of hydrogen-bond donors (Lipinski definition) is 2. The van der Waals surface area contributed by atoms with Crippen molar-refractivity contribution in [1.29, 1.82) is 0 Å². The second-order valence-corrected chi connectivity index (χ2v) is 6.64. The van der Waals surface area contributed by atoms with Crippen LogP contribution in [0.15, 0.2) is 24.3 Å². The van der Waals surface area contributed by atoms with Crippen molar-refractivity contribution >= 4 is 5.91 Å². The number of amides is 1. The molecule has 1 aromatic carbocycles. The molecule has 1 fully saturated rings. The van der Waals surface area contributed by atoms with Gasteiger partial charge in [-0.1, -0.05) is 12.1 Å². The lowest BCUT2D eigenvalue weighted by Gasteiger charge is -2.21. The fraction of sp³-hybridized carbons (Fsp3) is 0.588. The summed E-state index contributed by atoms with van der Waals surface area (Å²) >= 11 is 0. The van der Waals surface area contributed by atoms with Gasteiger partial charge in [-0.25, -0.2) is 0 Å². The quantitative estimate of drug-likeness (QED) is 0.811. The van der Waals surface area contributed by atoms with Gasteiger partial charge in [0.25, 0.3) is 0 Å². The van der Waals surface area contributed by atoms with Crippen LogP contribution < -0.4 is 15.8 Å². The Kier molecular flexibility index (Phi) is 4.88. The van der Waals surface area contributed by atoms with E-state index in [1.165, 1.54) is 12.8 Å². The molecule has 0 aromatic heterocycles. The van der Waals surface area contributed by atoms with E-state index in [0.29, 0.717) is 18.8 Å². The smallest absolute Gasteiger partial charge is 0.220 e. The van der Waals surface area contributed by atoms with Crippen molar-refractivity contribution in [2.45, 2.75) is 51.1 Å². The highest BCUT2D eigenvalue weighted by Gasteiger charge is 2.33. The van der Waals surface area contributed by atoms with E-state index in [9.17, 15) is 4.79 Å². The largest absolute Gasteiger partial charge is 0.497 e. The summed E-state index contributed by atoms with van der Waals surface area (Å²) in [5.41, 5.74) is 6.79. The number of benzene rings is 1. The molecule has 1 atom stereocenters. The molecule has 0 bridgehead atoms. The zero-order valence-electron chi connectivity index (χ0n) is 13.2. The van der Waals surface area contributed by atoms with Gasteiger partial charge < -0.3 is 15.8 Å². The Balaban J connectivity index is 1.97. The SMILES string of the molecule is COc1ccc(C(NC(=O)CCC(C)(C)N)C2CC2)cc1. The first-order valence-electron chi connectivity index (χ1n) is 7.61. The molecule has 4 heteroatoms. The fourth-order valence-corrected chi connectivity index (χ4v) is 2.40. The molecule has 1 aromatic rings. The van der Waals surface area contributed by atoms with E-state index in [4.69, 9.17) is 10.5 Å². The van der Waals surface area contributed by atoms with Crippen LogP contribution >= 0.6 is 0 Å². The van der Waals surface area contributed by atoms with Gasteiger partial charge in [0.1, 0.15) is 5.75 Å². The molecule has 3 N–H and O–H groups in total. The lowest BCUT2D eigenvalue weighted by molar-refractivity contribution is -0.122. The van der Waals surface area contributed by atoms with Crippen molar-refractivity contribution in [3.8, 4) is 5.75 Å². The number of nitrogens with one attached hydrogen (secondary N) is 1. The summed E-state index contributed by atoms with van der Waals surface area (Å²) in [4.78, 5) is 12.1. The maximum absolute atomic E-state index is 12.1. The van der Waals surface area contributed by atoms with E-state index in [1.807, 2.05) is 38.1 Å². The highest BCUT2D eigenvalue weighted by molar-refractivity contribution is 5.76. The predicted octanol–water partition coefficient (Wildman–Crippen LogP) is 2.78. The van der Waals surface area contributed by atoms with Crippen molar-refractivity contribution in [1.82, 2.24) is 5.32 Å². The van der Waals surface area contributed by atoms with Crippen LogP contribution in [0.25, 0.3) is 0 Å². The van der Waals surface area contributed by atoms with Crippen molar-refractivity contribution in [3.05, 3.63) is 29.8 Å². The maximum Gasteiger partial charge on any atom is 0.220 e. The molecular formula is C17H26N2O2. The minimum Gasteiger partial charge on any atom is -0.497 e. The molecule has 1 aliphatic rings. The van der Waals surface area contributed by atoms with Gasteiger partial charge >= 0.3 is 0 Å². The molecule has 1 aliphatic carbocycles. The Bertz CT molecular complexity index is 473. The number of nitrogens with two attached hydrogens (primary N) is 1. The Labute approximate surface area is 127 Å². The van der Waals surface area contributed by atoms with E-state index in [0.717, 1.165) is 11.3 Å². The monoisotopic (exact) mass is 290 g/mol. The standard InChI is InChI=1S/C17H26N2O2/c1-17(2,18)11-10-15(20)19-16(12-4-5-12)13-6-8-14(21-3)9-7-13/h6-9,12,16H,4-5,10-11,18H2,1-3H3,(H,19,20). The van der Waals surface area contributed by atoms with Crippen LogP contribution in [0.2, 0.25) is 0 Å². The van der Waals surface area contributed by atoms with Crippen molar-refractivity contribution in [3.63, 3.8) is 0 Å². The summed E-state index contributed by atoms with van der Waals surface area (Å²) < 4.78 is 5.18. The summed E-state index contributed by atoms with van der Waals surface area (Å²) in [6, 6.07) is 8.08. The number of carbonyl (C=O) groups is 1. The Morgan fingerprint density at radius 3 is 2.48 bits per heavy atom. The number of carbonyl (C=O) groups excluding carboxylic acids is 1. The van der Waals surface area contributed by atoms with E-state index in [-0.39, 0.29) is 17.5 Å². The molecule has 21 heavy (non-hydrogen) atoms. The van der Waals surface area contributed by atoms with Gasteiger partial charge in [0, 0.05) is 12.0 Å². The van der Waals surface area contributed by atoms with E-state index < -0.39 is 0 Å². The van der Waals surface area contributed by atoms with Crippen LogP contribution in [-0.2, 0) is 4.79 Å². The average Bonchev–Trinajstić information content (AvgIpc) is 3.26. The third-order valence-corrected chi connectivity index (χ3v) is 3.88. The second-order valence-electron chi connectivity index (χ2n) is 6.64. The average molecular weight is 290 g/mol. The first kappa shape index (κ1) is 15.8. The van der Waals surface area contributed by atoms with E-state index >= 15 is 0 Å². The first-order chi connectivity index (χ1) is 9.89. The van der Waals surface area contributed by atoms with Gasteiger partial charge in [0.2, 0.25) is 5.91 Å². The molecule has 4 nitrogen and oxygen atoms in total. The van der Waals surface area contributed by atoms with Gasteiger partial charge in [-0.05, 0) is 56.7 Å². The van der Waals surface area contributed by atoms with Crippen LogP contribution in [0.1, 0.15) is 51.1 Å². The summed E-state index contributed by atoms with van der Waals surface area (Å²) in [7, 11) is 1.66. The molecule has 1 saturated carbocycles. The molecule has 0 aliphatic heterocycles. The molecule has 0 heterocycles. The van der Waals surface area contributed by atoms with Crippen molar-refractivity contribution in [2.75, 3.05) is 7.11 Å². The molecule has 2 rings (SSSR count). The van der Waals surface area contributed by atoms with Crippen LogP contribution in [0.3, 0.4) is 0 Å². The third kappa shape index (κ3) is 5.05. The summed E-state index contributed by atoms with van der Waals surface area (Å²) in [5, 5.41) is 3.17. The van der Waals surface area contributed by atoms with Gasteiger partial charge in [0.15, 0.2) is 0 Å². The highest BCUT2D eigenvalue weighted by atomic mass is 16.5. The van der Waals surface area contributed by atoms with Crippen LogP contribution in [0.5, 0.6) is 5.75 Å². The van der Waals surface area contributed by atoms with Gasteiger partial charge in [-0.15, -0.1) is 0 Å². The van der Waals surface area contributed by atoms with E-state index in [1.54, 1.807) is 7.11 Å². The van der Waals surface area contributed by atoms with Crippen LogP contribution in [0.4, 0.5) is 0 Å². The zero-order chi connectivity index (χ0) is 15.5. The second kappa shape index (κ2) is 6.48. The maximum atomic E-state index is 12.1. The summed E-state index contributed by atoms with van der Waals surface area (Å²) in [5.74, 6) is 1.49. The molecule has 0 spiro atoms. The number of rotatable bonds is 7. The summed E-state index contributed by atoms with van der Waals surface area (Å²) in [6.45, 7) is 3.89. The Morgan fingerprint density at radius 1 is 1.38 bits per heavy atom. The topological polar surface area (TPSA) is 64.3 Å². The number of methoxy groups -OCH3 is 1. The first-order valence-corrected chi connectivity index (χ1v) is 7.61. The highest BCUT2D eigenvalue weighted by Crippen LogP contribution is 2.41. The molecular weight excluding hydrogens is 264 g/mol. The minimum absolute atomic E-state index is 0.0845. The van der Waals surface area contributed by atoms with Crippen molar-refractivity contribution in [2.24, 2.45) is 11.7 Å².